The number of halogens is 5. The standard InChI is InChI=1S/C25H17Cl2F3N6O/c26-18-9-3-15(4-10-18)20-21(16-5-11-19(27)12-6-16)23-34-35(24(37)36(23)33-22(20)32-31)13-14-1-7-17(8-2-14)25(28,29)30/h1-12H,13,31H2,(H,32,33). The van der Waals surface area contributed by atoms with Crippen LogP contribution in [0.5, 0.6) is 0 Å². The summed E-state index contributed by atoms with van der Waals surface area (Å²) in [4.78, 5) is 13.3. The molecular weight excluding hydrogens is 528 g/mol. The number of hydrogen-bond donors (Lipinski definition) is 2. The molecule has 2 heterocycles. The Morgan fingerprint density at radius 2 is 1.35 bits per heavy atom. The molecule has 188 valence electrons. The number of hydrazine groups is 1. The van der Waals surface area contributed by atoms with E-state index in [1.807, 2.05) is 0 Å². The monoisotopic (exact) mass is 544 g/mol. The molecule has 12 heteroatoms. The number of anilines is 1. The molecule has 0 aliphatic rings. The molecular formula is C25H17Cl2F3N6O. The van der Waals surface area contributed by atoms with Crippen LogP contribution in [0.1, 0.15) is 11.1 Å². The minimum absolute atomic E-state index is 0.0674. The molecule has 0 aliphatic carbocycles. The van der Waals surface area contributed by atoms with Gasteiger partial charge in [0.15, 0.2) is 11.5 Å². The molecule has 3 N–H and O–H groups in total. The summed E-state index contributed by atoms with van der Waals surface area (Å²) >= 11 is 12.2. The highest BCUT2D eigenvalue weighted by molar-refractivity contribution is 6.31. The van der Waals surface area contributed by atoms with Gasteiger partial charge in [-0.2, -0.15) is 17.7 Å². The Hall–Kier alpha value is -3.86. The van der Waals surface area contributed by atoms with Crippen LogP contribution in [0.4, 0.5) is 19.0 Å². The lowest BCUT2D eigenvalue weighted by molar-refractivity contribution is -0.137. The molecule has 0 atom stereocenters. The van der Waals surface area contributed by atoms with Crippen LogP contribution in [0.15, 0.2) is 77.6 Å². The Balaban J connectivity index is 1.72. The van der Waals surface area contributed by atoms with Crippen LogP contribution in [0.2, 0.25) is 10.0 Å². The number of aromatic nitrogens is 4. The van der Waals surface area contributed by atoms with Crippen molar-refractivity contribution in [2.24, 2.45) is 5.84 Å². The van der Waals surface area contributed by atoms with Gasteiger partial charge in [0.05, 0.1) is 12.1 Å². The van der Waals surface area contributed by atoms with Gasteiger partial charge < -0.3 is 5.43 Å². The van der Waals surface area contributed by atoms with Crippen molar-refractivity contribution in [3.05, 3.63) is 104 Å². The van der Waals surface area contributed by atoms with Gasteiger partial charge in [-0.15, -0.1) is 10.2 Å². The summed E-state index contributed by atoms with van der Waals surface area (Å²) in [5.41, 5.74) is 4.38. The zero-order valence-corrected chi connectivity index (χ0v) is 20.3. The molecule has 7 nitrogen and oxygen atoms in total. The molecule has 0 amide bonds. The van der Waals surface area contributed by atoms with E-state index < -0.39 is 17.4 Å². The van der Waals surface area contributed by atoms with E-state index in [1.165, 1.54) is 12.1 Å². The molecule has 37 heavy (non-hydrogen) atoms. The van der Waals surface area contributed by atoms with Crippen molar-refractivity contribution in [3.8, 4) is 22.3 Å². The van der Waals surface area contributed by atoms with Crippen molar-refractivity contribution in [2.45, 2.75) is 12.7 Å². The summed E-state index contributed by atoms with van der Waals surface area (Å²) in [5.74, 6) is 6.02. The van der Waals surface area contributed by atoms with Crippen LogP contribution in [-0.2, 0) is 12.7 Å². The molecule has 0 aliphatic heterocycles. The number of benzene rings is 3. The van der Waals surface area contributed by atoms with Crippen LogP contribution in [0.3, 0.4) is 0 Å². The normalized spacial score (nSPS) is 11.7. The van der Waals surface area contributed by atoms with Crippen LogP contribution in [0.25, 0.3) is 27.9 Å². The third-order valence-electron chi connectivity index (χ3n) is 5.74. The number of nitrogen functional groups attached to an aromatic ring is 1. The quantitative estimate of drug-likeness (QED) is 0.213. The topological polar surface area (TPSA) is 90.2 Å². The maximum absolute atomic E-state index is 13.3. The second-order valence-electron chi connectivity index (χ2n) is 8.13. The zero-order valence-electron chi connectivity index (χ0n) is 18.8. The van der Waals surface area contributed by atoms with E-state index in [2.05, 4.69) is 15.6 Å². The fourth-order valence-electron chi connectivity index (χ4n) is 3.99. The first-order valence-corrected chi connectivity index (χ1v) is 11.6. The van der Waals surface area contributed by atoms with E-state index in [9.17, 15) is 18.0 Å². The molecule has 0 spiro atoms. The zero-order chi connectivity index (χ0) is 26.3. The van der Waals surface area contributed by atoms with Crippen molar-refractivity contribution < 1.29 is 13.2 Å². The Bertz CT molecular complexity index is 1640. The van der Waals surface area contributed by atoms with Crippen LogP contribution in [-0.4, -0.2) is 19.4 Å². The van der Waals surface area contributed by atoms with Crippen LogP contribution < -0.4 is 17.0 Å². The smallest absolute Gasteiger partial charge is 0.306 e. The maximum atomic E-state index is 13.3. The van der Waals surface area contributed by atoms with Crippen LogP contribution >= 0.6 is 23.2 Å². The first-order chi connectivity index (χ1) is 17.7. The number of nitrogens with one attached hydrogen (secondary N) is 1. The number of fused-ring (bicyclic) bond motifs is 1. The molecule has 5 rings (SSSR count). The first-order valence-electron chi connectivity index (χ1n) is 10.8. The first kappa shape index (κ1) is 24.8. The molecule has 0 saturated heterocycles. The molecule has 2 aromatic heterocycles. The fraction of sp³-hybridized carbons (Fsp3) is 0.0800. The average molecular weight is 545 g/mol. The predicted octanol–water partition coefficient (Wildman–Crippen LogP) is 5.88. The van der Waals surface area contributed by atoms with Crippen molar-refractivity contribution in [1.29, 1.82) is 0 Å². The molecule has 5 aromatic rings. The van der Waals surface area contributed by atoms with E-state index in [0.717, 1.165) is 21.3 Å². The minimum Gasteiger partial charge on any atom is -0.306 e. The van der Waals surface area contributed by atoms with Crippen molar-refractivity contribution >= 4 is 34.7 Å². The summed E-state index contributed by atoms with van der Waals surface area (Å²) in [5, 5.41) is 9.94. The van der Waals surface area contributed by atoms with Gasteiger partial charge in [0, 0.05) is 21.2 Å². The summed E-state index contributed by atoms with van der Waals surface area (Å²) in [7, 11) is 0. The van der Waals surface area contributed by atoms with Gasteiger partial charge in [0.25, 0.3) is 0 Å². The second-order valence-corrected chi connectivity index (χ2v) is 9.00. The van der Waals surface area contributed by atoms with Gasteiger partial charge in [-0.05, 0) is 53.1 Å². The van der Waals surface area contributed by atoms with Crippen molar-refractivity contribution in [1.82, 2.24) is 19.4 Å². The van der Waals surface area contributed by atoms with Crippen molar-refractivity contribution in [2.75, 3.05) is 5.43 Å². The molecule has 0 bridgehead atoms. The number of rotatable bonds is 5. The van der Waals surface area contributed by atoms with E-state index in [1.54, 1.807) is 48.5 Å². The number of nitrogens with two attached hydrogens (primary N) is 1. The molecule has 0 fully saturated rings. The lowest BCUT2D eigenvalue weighted by Gasteiger charge is -2.15. The van der Waals surface area contributed by atoms with Gasteiger partial charge >= 0.3 is 11.9 Å². The highest BCUT2D eigenvalue weighted by Gasteiger charge is 2.30. The molecule has 0 saturated carbocycles. The molecule has 0 unspecified atom stereocenters. The van der Waals surface area contributed by atoms with Gasteiger partial charge in [0.2, 0.25) is 0 Å². The van der Waals surface area contributed by atoms with E-state index in [0.29, 0.717) is 37.9 Å². The molecule has 3 aromatic carbocycles. The molecule has 0 radical (unpaired) electrons. The third-order valence-corrected chi connectivity index (χ3v) is 6.25. The summed E-state index contributed by atoms with van der Waals surface area (Å²) in [6, 6.07) is 18.5. The Kier molecular flexibility index (Phi) is 6.40. The Morgan fingerprint density at radius 3 is 1.86 bits per heavy atom. The number of nitrogens with zero attached hydrogens (tertiary/aromatic N) is 4. The van der Waals surface area contributed by atoms with Gasteiger partial charge in [-0.25, -0.2) is 15.3 Å². The number of alkyl halides is 3. The highest BCUT2D eigenvalue weighted by atomic mass is 35.5. The van der Waals surface area contributed by atoms with E-state index >= 15 is 0 Å². The van der Waals surface area contributed by atoms with Gasteiger partial charge in [0.1, 0.15) is 0 Å². The van der Waals surface area contributed by atoms with Gasteiger partial charge in [-0.1, -0.05) is 59.6 Å². The average Bonchev–Trinajstić information content (AvgIpc) is 3.18. The summed E-state index contributed by atoms with van der Waals surface area (Å²) in [6.07, 6.45) is -4.46. The van der Waals surface area contributed by atoms with E-state index in [4.69, 9.17) is 29.0 Å². The fourth-order valence-corrected chi connectivity index (χ4v) is 4.24. The summed E-state index contributed by atoms with van der Waals surface area (Å²) < 4.78 is 41.1. The van der Waals surface area contributed by atoms with Gasteiger partial charge in [-0.3, -0.25) is 0 Å². The van der Waals surface area contributed by atoms with Crippen LogP contribution in [0, 0.1) is 0 Å². The maximum Gasteiger partial charge on any atom is 0.416 e. The largest absolute Gasteiger partial charge is 0.416 e. The SMILES string of the molecule is NNc1nn2c(=O)n(Cc3ccc(C(F)(F)F)cc3)nc2c(-c2ccc(Cl)cc2)c1-c1ccc(Cl)cc1. The minimum atomic E-state index is -4.46. The summed E-state index contributed by atoms with van der Waals surface area (Å²) in [6.45, 7) is -0.0674. The lowest BCUT2D eigenvalue weighted by Crippen LogP contribution is -2.24. The van der Waals surface area contributed by atoms with E-state index in [-0.39, 0.29) is 18.0 Å². The predicted molar refractivity (Wildman–Crippen MR) is 136 cm³/mol. The lowest BCUT2D eigenvalue weighted by atomic mass is 9.96. The van der Waals surface area contributed by atoms with Crippen molar-refractivity contribution in [3.63, 3.8) is 0 Å². The number of hydrogen-bond acceptors (Lipinski definition) is 5. The Labute approximate surface area is 217 Å². The Morgan fingerprint density at radius 1 is 0.811 bits per heavy atom. The third kappa shape index (κ3) is 4.78. The second kappa shape index (κ2) is 9.55. The highest BCUT2D eigenvalue weighted by Crippen LogP contribution is 2.39.